The summed E-state index contributed by atoms with van der Waals surface area (Å²) in [6.45, 7) is 3.78. The number of rotatable bonds is 5. The maximum Gasteiger partial charge on any atom is 0.220 e. The Labute approximate surface area is 92.8 Å². The van der Waals surface area contributed by atoms with Gasteiger partial charge in [-0.3, -0.25) is 4.79 Å². The molecule has 1 rings (SSSR count). The molecular weight excluding hydrogens is 188 g/mol. The second kappa shape index (κ2) is 6.83. The van der Waals surface area contributed by atoms with Gasteiger partial charge in [-0.05, 0) is 37.6 Å². The molecule has 1 aliphatic carbocycles. The minimum atomic E-state index is 0.165. The molecule has 0 aromatic carbocycles. The van der Waals surface area contributed by atoms with Crippen molar-refractivity contribution in [3.63, 3.8) is 0 Å². The van der Waals surface area contributed by atoms with Gasteiger partial charge in [0.25, 0.3) is 0 Å². The quantitative estimate of drug-likeness (QED) is 0.728. The highest BCUT2D eigenvalue weighted by atomic mass is 16.1. The van der Waals surface area contributed by atoms with Crippen molar-refractivity contribution >= 4 is 5.91 Å². The van der Waals surface area contributed by atoms with Crippen molar-refractivity contribution in [3.8, 4) is 0 Å². The third-order valence-electron chi connectivity index (χ3n) is 3.24. The molecule has 0 spiro atoms. The first-order chi connectivity index (χ1) is 7.22. The van der Waals surface area contributed by atoms with Crippen molar-refractivity contribution < 1.29 is 4.79 Å². The SMILES string of the molecule is CC1CCCC(CNC(=O)CCCN)C1. The van der Waals surface area contributed by atoms with Crippen LogP contribution in [0.25, 0.3) is 0 Å². The number of hydrogen-bond acceptors (Lipinski definition) is 2. The Morgan fingerprint density at radius 1 is 1.47 bits per heavy atom. The van der Waals surface area contributed by atoms with Crippen LogP contribution in [0.4, 0.5) is 0 Å². The first-order valence-electron chi connectivity index (χ1n) is 6.19. The van der Waals surface area contributed by atoms with Gasteiger partial charge >= 0.3 is 0 Å². The van der Waals surface area contributed by atoms with Crippen LogP contribution in [0, 0.1) is 11.8 Å². The Bertz CT molecular complexity index is 194. The zero-order chi connectivity index (χ0) is 11.1. The van der Waals surface area contributed by atoms with Crippen molar-refractivity contribution in [3.05, 3.63) is 0 Å². The van der Waals surface area contributed by atoms with Crippen molar-refractivity contribution in [2.24, 2.45) is 17.6 Å². The summed E-state index contributed by atoms with van der Waals surface area (Å²) < 4.78 is 0. The molecule has 3 N–H and O–H groups in total. The molecule has 1 amide bonds. The lowest BCUT2D eigenvalue weighted by molar-refractivity contribution is -0.121. The average Bonchev–Trinajstić information content (AvgIpc) is 2.23. The fraction of sp³-hybridized carbons (Fsp3) is 0.917. The van der Waals surface area contributed by atoms with Crippen LogP contribution in [-0.2, 0) is 4.79 Å². The second-order valence-electron chi connectivity index (χ2n) is 4.83. The number of carbonyl (C=O) groups excluding carboxylic acids is 1. The molecule has 0 saturated heterocycles. The van der Waals surface area contributed by atoms with Gasteiger partial charge in [0.1, 0.15) is 0 Å². The molecule has 0 aromatic heterocycles. The molecule has 88 valence electrons. The highest BCUT2D eigenvalue weighted by Gasteiger charge is 2.18. The van der Waals surface area contributed by atoms with E-state index in [0.717, 1.165) is 18.9 Å². The van der Waals surface area contributed by atoms with E-state index >= 15 is 0 Å². The van der Waals surface area contributed by atoms with E-state index < -0.39 is 0 Å². The number of nitrogens with two attached hydrogens (primary N) is 1. The zero-order valence-electron chi connectivity index (χ0n) is 9.80. The number of hydrogen-bond donors (Lipinski definition) is 2. The molecule has 15 heavy (non-hydrogen) atoms. The number of carbonyl (C=O) groups is 1. The molecule has 0 aliphatic heterocycles. The van der Waals surface area contributed by atoms with Gasteiger partial charge in [0.2, 0.25) is 5.91 Å². The van der Waals surface area contributed by atoms with Crippen LogP contribution in [0.1, 0.15) is 45.4 Å². The summed E-state index contributed by atoms with van der Waals surface area (Å²) in [5.41, 5.74) is 5.35. The smallest absolute Gasteiger partial charge is 0.220 e. The van der Waals surface area contributed by atoms with Crippen molar-refractivity contribution in [1.29, 1.82) is 0 Å². The van der Waals surface area contributed by atoms with E-state index in [0.29, 0.717) is 18.9 Å². The first-order valence-corrected chi connectivity index (χ1v) is 6.19. The van der Waals surface area contributed by atoms with Crippen molar-refractivity contribution in [2.75, 3.05) is 13.1 Å². The molecule has 2 unspecified atom stereocenters. The Morgan fingerprint density at radius 2 is 2.27 bits per heavy atom. The lowest BCUT2D eigenvalue weighted by atomic mass is 9.82. The minimum Gasteiger partial charge on any atom is -0.356 e. The van der Waals surface area contributed by atoms with Gasteiger partial charge in [-0.25, -0.2) is 0 Å². The Morgan fingerprint density at radius 3 is 2.93 bits per heavy atom. The minimum absolute atomic E-state index is 0.165. The summed E-state index contributed by atoms with van der Waals surface area (Å²) >= 11 is 0. The van der Waals surface area contributed by atoms with Crippen LogP contribution in [0.3, 0.4) is 0 Å². The molecule has 1 aliphatic rings. The van der Waals surface area contributed by atoms with E-state index in [1.54, 1.807) is 0 Å². The molecule has 1 fully saturated rings. The van der Waals surface area contributed by atoms with Crippen LogP contribution in [-0.4, -0.2) is 19.0 Å². The van der Waals surface area contributed by atoms with Crippen LogP contribution < -0.4 is 11.1 Å². The monoisotopic (exact) mass is 212 g/mol. The predicted octanol–water partition coefficient (Wildman–Crippen LogP) is 1.67. The highest BCUT2D eigenvalue weighted by Crippen LogP contribution is 2.27. The number of amides is 1. The standard InChI is InChI=1S/C12H24N2O/c1-10-4-2-5-11(8-10)9-14-12(15)6-3-7-13/h10-11H,2-9,13H2,1H3,(H,14,15). The molecule has 0 heterocycles. The van der Waals surface area contributed by atoms with Crippen LogP contribution >= 0.6 is 0 Å². The highest BCUT2D eigenvalue weighted by molar-refractivity contribution is 5.75. The van der Waals surface area contributed by atoms with Crippen molar-refractivity contribution in [1.82, 2.24) is 5.32 Å². The number of nitrogens with one attached hydrogen (secondary N) is 1. The van der Waals surface area contributed by atoms with Gasteiger partial charge in [-0.1, -0.05) is 19.8 Å². The Balaban J connectivity index is 2.10. The van der Waals surface area contributed by atoms with E-state index in [1.165, 1.54) is 25.7 Å². The van der Waals surface area contributed by atoms with Gasteiger partial charge in [0, 0.05) is 13.0 Å². The molecule has 0 bridgehead atoms. The fourth-order valence-corrected chi connectivity index (χ4v) is 2.35. The summed E-state index contributed by atoms with van der Waals surface area (Å²) in [4.78, 5) is 11.4. The third-order valence-corrected chi connectivity index (χ3v) is 3.24. The first kappa shape index (κ1) is 12.5. The van der Waals surface area contributed by atoms with E-state index in [4.69, 9.17) is 5.73 Å². The summed E-state index contributed by atoms with van der Waals surface area (Å²) in [5, 5.41) is 3.01. The van der Waals surface area contributed by atoms with E-state index in [2.05, 4.69) is 12.2 Å². The van der Waals surface area contributed by atoms with Gasteiger partial charge in [0.15, 0.2) is 0 Å². The topological polar surface area (TPSA) is 55.1 Å². The molecule has 3 heteroatoms. The van der Waals surface area contributed by atoms with Gasteiger partial charge in [0.05, 0.1) is 0 Å². The predicted molar refractivity (Wildman–Crippen MR) is 62.4 cm³/mol. The largest absolute Gasteiger partial charge is 0.356 e. The molecule has 1 saturated carbocycles. The van der Waals surface area contributed by atoms with E-state index in [1.807, 2.05) is 0 Å². The molecule has 0 radical (unpaired) electrons. The molecular formula is C12H24N2O. The summed E-state index contributed by atoms with van der Waals surface area (Å²) in [6, 6.07) is 0. The van der Waals surface area contributed by atoms with Crippen molar-refractivity contribution in [2.45, 2.75) is 45.4 Å². The average molecular weight is 212 g/mol. The summed E-state index contributed by atoms with van der Waals surface area (Å²) in [6.07, 6.45) is 6.62. The fourth-order valence-electron chi connectivity index (χ4n) is 2.35. The zero-order valence-corrected chi connectivity index (χ0v) is 9.80. The second-order valence-corrected chi connectivity index (χ2v) is 4.83. The van der Waals surface area contributed by atoms with Crippen LogP contribution in [0.15, 0.2) is 0 Å². The summed E-state index contributed by atoms with van der Waals surface area (Å²) in [5.74, 6) is 1.71. The third kappa shape index (κ3) is 5.17. The Kier molecular flexibility index (Phi) is 5.69. The molecule has 2 atom stereocenters. The van der Waals surface area contributed by atoms with Crippen LogP contribution in [0.2, 0.25) is 0 Å². The molecule has 0 aromatic rings. The summed E-state index contributed by atoms with van der Waals surface area (Å²) in [7, 11) is 0. The Hall–Kier alpha value is -0.570. The lowest BCUT2D eigenvalue weighted by Gasteiger charge is -2.26. The van der Waals surface area contributed by atoms with Crippen LogP contribution in [0.5, 0.6) is 0 Å². The maximum atomic E-state index is 11.4. The van der Waals surface area contributed by atoms with E-state index in [-0.39, 0.29) is 5.91 Å². The van der Waals surface area contributed by atoms with E-state index in [9.17, 15) is 4.79 Å². The van der Waals surface area contributed by atoms with Gasteiger partial charge in [-0.2, -0.15) is 0 Å². The lowest BCUT2D eigenvalue weighted by Crippen LogP contribution is -2.31. The van der Waals surface area contributed by atoms with Gasteiger partial charge < -0.3 is 11.1 Å². The molecule has 3 nitrogen and oxygen atoms in total. The normalized spacial score (nSPS) is 26.3. The van der Waals surface area contributed by atoms with Gasteiger partial charge in [-0.15, -0.1) is 0 Å². The maximum absolute atomic E-state index is 11.4.